The lowest BCUT2D eigenvalue weighted by atomic mass is 9.85. The third-order valence-corrected chi connectivity index (χ3v) is 2.52. The fraction of sp³-hybridized carbons (Fsp3) is 1.00. The highest BCUT2D eigenvalue weighted by atomic mass is 14.7. The Kier molecular flexibility index (Phi) is 10.1. The number of hydrogen-bond donors (Lipinski definition) is 2. The van der Waals surface area contributed by atoms with Crippen molar-refractivity contribution in [3.8, 4) is 0 Å². The summed E-state index contributed by atoms with van der Waals surface area (Å²) in [7, 11) is 0. The van der Waals surface area contributed by atoms with E-state index in [0.29, 0.717) is 0 Å². The highest BCUT2D eigenvalue weighted by Crippen LogP contribution is 2.22. The first kappa shape index (κ1) is 15.4. The van der Waals surface area contributed by atoms with Gasteiger partial charge in [0.05, 0.1) is 0 Å². The fourth-order valence-electron chi connectivity index (χ4n) is 1.90. The van der Waals surface area contributed by atoms with Gasteiger partial charge < -0.3 is 11.9 Å². The molecule has 0 atom stereocenters. The molecule has 0 heterocycles. The van der Waals surface area contributed by atoms with Crippen molar-refractivity contribution in [3.63, 3.8) is 0 Å². The molecule has 0 bridgehead atoms. The maximum atomic E-state index is 6.31. The van der Waals surface area contributed by atoms with E-state index in [9.17, 15) is 0 Å². The van der Waals surface area contributed by atoms with Crippen molar-refractivity contribution in [3.05, 3.63) is 0 Å². The molecule has 82 valence electrons. The van der Waals surface area contributed by atoms with Crippen LogP contribution in [0.15, 0.2) is 0 Å². The van der Waals surface area contributed by atoms with E-state index in [0.717, 1.165) is 0 Å². The highest BCUT2D eigenvalue weighted by Gasteiger charge is 2.21. The lowest BCUT2D eigenvalue weighted by Gasteiger charge is -2.28. The van der Waals surface area contributed by atoms with Crippen LogP contribution in [0.1, 0.15) is 65.7 Å². The molecule has 0 aliphatic rings. The summed E-state index contributed by atoms with van der Waals surface area (Å²) in [5.74, 6) is 0. The summed E-state index contributed by atoms with van der Waals surface area (Å²) in [5, 5.41) is 0. The van der Waals surface area contributed by atoms with Gasteiger partial charge in [-0.05, 0) is 19.3 Å². The van der Waals surface area contributed by atoms with Crippen LogP contribution >= 0.6 is 0 Å². The van der Waals surface area contributed by atoms with Gasteiger partial charge in [-0.1, -0.05) is 46.5 Å². The van der Waals surface area contributed by atoms with Gasteiger partial charge in [0, 0.05) is 5.54 Å². The van der Waals surface area contributed by atoms with E-state index in [1.165, 1.54) is 44.9 Å². The summed E-state index contributed by atoms with van der Waals surface area (Å²) in [6.45, 7) is 6.69. The number of unbranched alkanes of at least 4 members (excludes halogenated alkanes) is 1. The van der Waals surface area contributed by atoms with Crippen molar-refractivity contribution in [2.45, 2.75) is 71.3 Å². The molecule has 2 nitrogen and oxygen atoms in total. The normalized spacial score (nSPS) is 11.1. The van der Waals surface area contributed by atoms with Gasteiger partial charge in [-0.15, -0.1) is 0 Å². The largest absolute Gasteiger partial charge is 0.344 e. The summed E-state index contributed by atoms with van der Waals surface area (Å²) in [6.07, 6.45) is 8.61. The third kappa shape index (κ3) is 7.03. The molecule has 0 saturated heterocycles. The van der Waals surface area contributed by atoms with Crippen LogP contribution in [0.4, 0.5) is 0 Å². The molecule has 0 aromatic carbocycles. The van der Waals surface area contributed by atoms with Crippen molar-refractivity contribution >= 4 is 0 Å². The van der Waals surface area contributed by atoms with Crippen molar-refractivity contribution in [1.82, 2.24) is 6.15 Å². The minimum Gasteiger partial charge on any atom is -0.344 e. The Morgan fingerprint density at radius 1 is 0.846 bits per heavy atom. The van der Waals surface area contributed by atoms with Crippen LogP contribution in [-0.4, -0.2) is 5.54 Å². The van der Waals surface area contributed by atoms with E-state index in [1.807, 2.05) is 0 Å². The summed E-state index contributed by atoms with van der Waals surface area (Å²) >= 11 is 0. The second-order valence-electron chi connectivity index (χ2n) is 3.97. The molecule has 0 rings (SSSR count). The number of hydrogen-bond acceptors (Lipinski definition) is 2. The van der Waals surface area contributed by atoms with E-state index in [2.05, 4.69) is 20.8 Å². The predicted molar refractivity (Wildman–Crippen MR) is 61.3 cm³/mol. The Labute approximate surface area is 83.9 Å². The van der Waals surface area contributed by atoms with Crippen molar-refractivity contribution in [1.29, 1.82) is 0 Å². The average Bonchev–Trinajstić information content (AvgIpc) is 2.02. The Balaban J connectivity index is 0. The third-order valence-electron chi connectivity index (χ3n) is 2.52. The van der Waals surface area contributed by atoms with Crippen LogP contribution in [0, 0.1) is 0 Å². The quantitative estimate of drug-likeness (QED) is 0.640. The summed E-state index contributed by atoms with van der Waals surface area (Å²) in [4.78, 5) is 0. The van der Waals surface area contributed by atoms with E-state index < -0.39 is 0 Å². The predicted octanol–water partition coefficient (Wildman–Crippen LogP) is 3.64. The highest BCUT2D eigenvalue weighted by molar-refractivity contribution is 4.82. The molecule has 0 fully saturated rings. The molecule has 5 N–H and O–H groups in total. The minimum atomic E-state index is 0. The number of nitrogens with two attached hydrogens (primary N) is 1. The second-order valence-corrected chi connectivity index (χ2v) is 3.97. The van der Waals surface area contributed by atoms with Crippen LogP contribution < -0.4 is 11.9 Å². The van der Waals surface area contributed by atoms with Crippen molar-refractivity contribution < 1.29 is 0 Å². The maximum absolute atomic E-state index is 6.31. The Morgan fingerprint density at radius 2 is 1.31 bits per heavy atom. The van der Waals surface area contributed by atoms with Gasteiger partial charge in [0.1, 0.15) is 0 Å². The maximum Gasteiger partial charge on any atom is 0.0154 e. The molecule has 0 radical (unpaired) electrons. The molecule has 0 unspecified atom stereocenters. The van der Waals surface area contributed by atoms with E-state index >= 15 is 0 Å². The lowest BCUT2D eigenvalue weighted by Crippen LogP contribution is -2.39. The van der Waals surface area contributed by atoms with E-state index in [-0.39, 0.29) is 11.7 Å². The molecule has 0 aliphatic heterocycles. The molecule has 0 spiro atoms. The van der Waals surface area contributed by atoms with Gasteiger partial charge >= 0.3 is 0 Å². The van der Waals surface area contributed by atoms with Gasteiger partial charge in [0.25, 0.3) is 0 Å². The van der Waals surface area contributed by atoms with Crippen LogP contribution in [-0.2, 0) is 0 Å². The van der Waals surface area contributed by atoms with Crippen LogP contribution in [0.25, 0.3) is 0 Å². The van der Waals surface area contributed by atoms with E-state index in [1.54, 1.807) is 0 Å². The average molecular weight is 188 g/mol. The molecular weight excluding hydrogens is 160 g/mol. The second kappa shape index (κ2) is 8.52. The molecule has 0 aromatic rings. The molecule has 2 heteroatoms. The number of rotatable bonds is 7. The molecule has 0 aliphatic carbocycles. The van der Waals surface area contributed by atoms with Gasteiger partial charge in [0.15, 0.2) is 0 Å². The summed E-state index contributed by atoms with van der Waals surface area (Å²) in [5.41, 5.74) is 6.46. The first-order valence-electron chi connectivity index (χ1n) is 5.47. The SMILES string of the molecule is CCCCC(N)(CCC)CCC.N. The van der Waals surface area contributed by atoms with Crippen LogP contribution in [0.2, 0.25) is 0 Å². The monoisotopic (exact) mass is 188 g/mol. The molecule has 0 aromatic heterocycles. The van der Waals surface area contributed by atoms with Crippen LogP contribution in [0.5, 0.6) is 0 Å². The lowest BCUT2D eigenvalue weighted by molar-refractivity contribution is 0.324. The zero-order valence-electron chi connectivity index (χ0n) is 9.73. The molecule has 0 amide bonds. The standard InChI is InChI=1S/C11H25N.H3N/c1-4-7-10-11(12,8-5-2)9-6-3;/h4-10,12H2,1-3H3;1H3. The van der Waals surface area contributed by atoms with Crippen molar-refractivity contribution in [2.75, 3.05) is 0 Å². The zero-order chi connectivity index (χ0) is 9.45. The molecule has 13 heavy (non-hydrogen) atoms. The van der Waals surface area contributed by atoms with Gasteiger partial charge in [-0.3, -0.25) is 0 Å². The summed E-state index contributed by atoms with van der Waals surface area (Å²) < 4.78 is 0. The van der Waals surface area contributed by atoms with Crippen molar-refractivity contribution in [2.24, 2.45) is 5.73 Å². The molecular formula is C11H28N2. The Hall–Kier alpha value is -0.0800. The Morgan fingerprint density at radius 3 is 1.62 bits per heavy atom. The fourth-order valence-corrected chi connectivity index (χ4v) is 1.90. The first-order chi connectivity index (χ1) is 5.68. The first-order valence-corrected chi connectivity index (χ1v) is 5.47. The topological polar surface area (TPSA) is 61.0 Å². The minimum absolute atomic E-state index is 0. The Bertz CT molecular complexity index is 96.3. The molecule has 0 saturated carbocycles. The van der Waals surface area contributed by atoms with Gasteiger partial charge in [-0.2, -0.15) is 0 Å². The van der Waals surface area contributed by atoms with Gasteiger partial charge in [-0.25, -0.2) is 0 Å². The smallest absolute Gasteiger partial charge is 0.0154 e. The zero-order valence-corrected chi connectivity index (χ0v) is 9.73. The van der Waals surface area contributed by atoms with Gasteiger partial charge in [0.2, 0.25) is 0 Å². The van der Waals surface area contributed by atoms with Crippen LogP contribution in [0.3, 0.4) is 0 Å². The van der Waals surface area contributed by atoms with E-state index in [4.69, 9.17) is 5.73 Å². The summed E-state index contributed by atoms with van der Waals surface area (Å²) in [6, 6.07) is 0.